The Morgan fingerprint density at radius 3 is 2.34 bits per heavy atom. The van der Waals surface area contributed by atoms with Crippen molar-refractivity contribution in [1.82, 2.24) is 10.2 Å². The standard InChI is InChI=1S/C25H21FN2O3S/c1-28(24(30)17-9-11-21(26)12-10-17)15-20-13-18(16-5-3-2-4-6-16)7-8-19(20)14-22-23(29)27-25(31)32-22/h2-13,22H,14-15H2,1H3,(H,27,29,31). The van der Waals surface area contributed by atoms with Crippen molar-refractivity contribution in [3.8, 4) is 11.1 Å². The summed E-state index contributed by atoms with van der Waals surface area (Å²) in [7, 11) is 1.69. The number of hydrogen-bond donors (Lipinski definition) is 1. The van der Waals surface area contributed by atoms with Gasteiger partial charge in [0.15, 0.2) is 0 Å². The van der Waals surface area contributed by atoms with Gasteiger partial charge in [0.2, 0.25) is 5.91 Å². The maximum atomic E-state index is 13.2. The van der Waals surface area contributed by atoms with Crippen LogP contribution in [0.15, 0.2) is 72.8 Å². The van der Waals surface area contributed by atoms with E-state index < -0.39 is 11.1 Å². The minimum atomic E-state index is -0.498. The number of thioether (sulfide) groups is 1. The third kappa shape index (κ3) is 4.89. The number of nitrogens with one attached hydrogen (secondary N) is 1. The van der Waals surface area contributed by atoms with Crippen LogP contribution < -0.4 is 5.32 Å². The van der Waals surface area contributed by atoms with Crippen LogP contribution in [0, 0.1) is 5.82 Å². The van der Waals surface area contributed by atoms with Crippen molar-refractivity contribution in [1.29, 1.82) is 0 Å². The molecule has 1 heterocycles. The van der Waals surface area contributed by atoms with Gasteiger partial charge in [0.05, 0.1) is 5.25 Å². The van der Waals surface area contributed by atoms with E-state index in [1.54, 1.807) is 11.9 Å². The minimum Gasteiger partial charge on any atom is -0.337 e. The third-order valence-corrected chi connectivity index (χ3v) is 6.31. The Morgan fingerprint density at radius 1 is 0.969 bits per heavy atom. The lowest BCUT2D eigenvalue weighted by Crippen LogP contribution is -2.28. The molecule has 0 spiro atoms. The van der Waals surface area contributed by atoms with E-state index >= 15 is 0 Å². The van der Waals surface area contributed by atoms with Crippen molar-refractivity contribution in [2.24, 2.45) is 0 Å². The number of hydrogen-bond acceptors (Lipinski definition) is 4. The van der Waals surface area contributed by atoms with Crippen molar-refractivity contribution < 1.29 is 18.8 Å². The molecule has 32 heavy (non-hydrogen) atoms. The van der Waals surface area contributed by atoms with Gasteiger partial charge in [0, 0.05) is 19.2 Å². The van der Waals surface area contributed by atoms with Crippen molar-refractivity contribution in [3.63, 3.8) is 0 Å². The van der Waals surface area contributed by atoms with Gasteiger partial charge in [-0.1, -0.05) is 54.2 Å². The number of halogens is 1. The van der Waals surface area contributed by atoms with E-state index in [0.29, 0.717) is 18.5 Å². The van der Waals surface area contributed by atoms with Crippen LogP contribution in [0.25, 0.3) is 11.1 Å². The fourth-order valence-corrected chi connectivity index (χ4v) is 4.50. The summed E-state index contributed by atoms with van der Waals surface area (Å²) in [5, 5.41) is 1.48. The molecule has 0 radical (unpaired) electrons. The summed E-state index contributed by atoms with van der Waals surface area (Å²) in [6.07, 6.45) is 0.380. The zero-order valence-corrected chi connectivity index (χ0v) is 18.2. The SMILES string of the molecule is CN(Cc1cc(-c2ccccc2)ccc1CC1SC(=O)NC1=O)C(=O)c1ccc(F)cc1. The molecule has 1 fully saturated rings. The average molecular weight is 449 g/mol. The van der Waals surface area contributed by atoms with Crippen LogP contribution in [0.3, 0.4) is 0 Å². The van der Waals surface area contributed by atoms with Crippen LogP contribution >= 0.6 is 11.8 Å². The number of carbonyl (C=O) groups excluding carboxylic acids is 3. The second kappa shape index (κ2) is 9.36. The molecule has 3 aromatic carbocycles. The number of benzene rings is 3. The van der Waals surface area contributed by atoms with Crippen LogP contribution in [-0.4, -0.2) is 34.3 Å². The van der Waals surface area contributed by atoms with Gasteiger partial charge in [-0.05, 0) is 59.0 Å². The molecule has 1 saturated heterocycles. The van der Waals surface area contributed by atoms with Crippen molar-refractivity contribution in [3.05, 3.63) is 95.3 Å². The van der Waals surface area contributed by atoms with E-state index in [-0.39, 0.29) is 17.1 Å². The summed E-state index contributed by atoms with van der Waals surface area (Å²) < 4.78 is 13.2. The fourth-order valence-electron chi connectivity index (χ4n) is 3.65. The lowest BCUT2D eigenvalue weighted by Gasteiger charge is -2.21. The molecule has 0 aliphatic carbocycles. The topological polar surface area (TPSA) is 66.5 Å². The van der Waals surface area contributed by atoms with Crippen LogP contribution in [0.2, 0.25) is 0 Å². The maximum absolute atomic E-state index is 13.2. The molecule has 3 amide bonds. The van der Waals surface area contributed by atoms with Gasteiger partial charge in [-0.15, -0.1) is 0 Å². The van der Waals surface area contributed by atoms with Crippen LogP contribution in [0.5, 0.6) is 0 Å². The molecule has 1 atom stereocenters. The van der Waals surface area contributed by atoms with E-state index in [1.165, 1.54) is 24.3 Å². The van der Waals surface area contributed by atoms with Crippen molar-refractivity contribution in [2.75, 3.05) is 7.05 Å². The Bertz CT molecular complexity index is 1170. The van der Waals surface area contributed by atoms with Gasteiger partial charge in [0.1, 0.15) is 5.82 Å². The van der Waals surface area contributed by atoms with Crippen LogP contribution in [0.1, 0.15) is 21.5 Å². The summed E-state index contributed by atoms with van der Waals surface area (Å²) in [6, 6.07) is 21.2. The van der Waals surface area contributed by atoms with Gasteiger partial charge in [0.25, 0.3) is 11.1 Å². The highest BCUT2D eigenvalue weighted by atomic mass is 32.2. The minimum absolute atomic E-state index is 0.232. The summed E-state index contributed by atoms with van der Waals surface area (Å²) >= 11 is 0.986. The molecule has 162 valence electrons. The Labute approximate surface area is 189 Å². The molecule has 0 aromatic heterocycles. The number of nitrogens with zero attached hydrogens (tertiary/aromatic N) is 1. The highest BCUT2D eigenvalue weighted by Gasteiger charge is 2.32. The first-order valence-corrected chi connectivity index (χ1v) is 11.0. The van der Waals surface area contributed by atoms with E-state index in [9.17, 15) is 18.8 Å². The fraction of sp³-hybridized carbons (Fsp3) is 0.160. The molecule has 3 aromatic rings. The smallest absolute Gasteiger partial charge is 0.286 e. The van der Waals surface area contributed by atoms with Crippen LogP contribution in [0.4, 0.5) is 9.18 Å². The van der Waals surface area contributed by atoms with Gasteiger partial charge >= 0.3 is 0 Å². The largest absolute Gasteiger partial charge is 0.337 e. The molecule has 1 unspecified atom stereocenters. The summed E-state index contributed by atoms with van der Waals surface area (Å²) in [4.78, 5) is 38.1. The predicted molar refractivity (Wildman–Crippen MR) is 123 cm³/mol. The second-order valence-corrected chi connectivity index (χ2v) is 8.78. The summed E-state index contributed by atoms with van der Waals surface area (Å²) in [6.45, 7) is 0.305. The molecule has 0 saturated carbocycles. The van der Waals surface area contributed by atoms with Gasteiger partial charge < -0.3 is 4.90 Å². The average Bonchev–Trinajstić information content (AvgIpc) is 3.12. The van der Waals surface area contributed by atoms with E-state index in [2.05, 4.69) is 5.32 Å². The Morgan fingerprint density at radius 2 is 1.69 bits per heavy atom. The second-order valence-electron chi connectivity index (χ2n) is 7.60. The zero-order valence-electron chi connectivity index (χ0n) is 17.4. The van der Waals surface area contributed by atoms with E-state index in [1.807, 2.05) is 48.5 Å². The van der Waals surface area contributed by atoms with Crippen molar-refractivity contribution >= 4 is 28.8 Å². The van der Waals surface area contributed by atoms with Crippen molar-refractivity contribution in [2.45, 2.75) is 18.2 Å². The molecule has 1 aliphatic heterocycles. The molecular weight excluding hydrogens is 427 g/mol. The van der Waals surface area contributed by atoms with E-state index in [4.69, 9.17) is 0 Å². The lowest BCUT2D eigenvalue weighted by molar-refractivity contribution is -0.118. The van der Waals surface area contributed by atoms with Crippen LogP contribution in [-0.2, 0) is 17.8 Å². The van der Waals surface area contributed by atoms with Gasteiger partial charge in [-0.3, -0.25) is 19.7 Å². The van der Waals surface area contributed by atoms with E-state index in [0.717, 1.165) is 34.0 Å². The van der Waals surface area contributed by atoms with Gasteiger partial charge in [-0.2, -0.15) is 0 Å². The summed E-state index contributed by atoms with van der Waals surface area (Å²) in [5.74, 6) is -0.929. The Kier molecular flexibility index (Phi) is 6.37. The maximum Gasteiger partial charge on any atom is 0.286 e. The molecule has 1 N–H and O–H groups in total. The molecule has 7 heteroatoms. The Balaban J connectivity index is 1.63. The zero-order chi connectivity index (χ0) is 22.7. The highest BCUT2D eigenvalue weighted by molar-refractivity contribution is 8.15. The van der Waals surface area contributed by atoms with Gasteiger partial charge in [-0.25, -0.2) is 4.39 Å². The lowest BCUT2D eigenvalue weighted by atomic mass is 9.96. The quantitative estimate of drug-likeness (QED) is 0.596. The Hall–Kier alpha value is -3.45. The molecule has 1 aliphatic rings. The molecule has 5 nitrogen and oxygen atoms in total. The molecule has 0 bridgehead atoms. The molecule has 4 rings (SSSR count). The number of rotatable bonds is 6. The number of imide groups is 1. The number of carbonyl (C=O) groups is 3. The first-order valence-electron chi connectivity index (χ1n) is 10.1. The number of amides is 3. The monoisotopic (exact) mass is 448 g/mol. The summed E-state index contributed by atoms with van der Waals surface area (Å²) in [5.41, 5.74) is 4.20. The highest BCUT2D eigenvalue weighted by Crippen LogP contribution is 2.28. The third-order valence-electron chi connectivity index (χ3n) is 5.33. The molecular formula is C25H21FN2O3S. The predicted octanol–water partition coefficient (Wildman–Crippen LogP) is 4.66. The normalized spacial score (nSPS) is 15.5. The first kappa shape index (κ1) is 21.8. The first-order chi connectivity index (χ1) is 15.4.